The van der Waals surface area contributed by atoms with E-state index in [-0.39, 0.29) is 19.1 Å². The van der Waals surface area contributed by atoms with E-state index in [1.165, 1.54) is 0 Å². The summed E-state index contributed by atoms with van der Waals surface area (Å²) in [5, 5.41) is 9.81. The summed E-state index contributed by atoms with van der Waals surface area (Å²) in [6.07, 6.45) is 5.24. The van der Waals surface area contributed by atoms with Gasteiger partial charge in [0.1, 0.15) is 0 Å². The van der Waals surface area contributed by atoms with Gasteiger partial charge < -0.3 is 14.6 Å². The number of hydrogen-bond acceptors (Lipinski definition) is 5. The highest BCUT2D eigenvalue weighted by atomic mass is 16.6. The van der Waals surface area contributed by atoms with Gasteiger partial charge in [-0.25, -0.2) is 0 Å². The van der Waals surface area contributed by atoms with Crippen LogP contribution in [0, 0.1) is 11.3 Å². The van der Waals surface area contributed by atoms with Crippen molar-refractivity contribution in [2.45, 2.75) is 52.6 Å². The van der Waals surface area contributed by atoms with E-state index in [1.807, 2.05) is 0 Å². The molecule has 0 aromatic heterocycles. The topological polar surface area (TPSA) is 72.8 Å². The molecule has 1 aliphatic carbocycles. The van der Waals surface area contributed by atoms with Crippen molar-refractivity contribution in [2.24, 2.45) is 11.3 Å². The van der Waals surface area contributed by atoms with Crippen LogP contribution in [0.4, 0.5) is 0 Å². The minimum Gasteiger partial charge on any atom is -0.465 e. The highest BCUT2D eigenvalue weighted by molar-refractivity contribution is 6.01. The number of esters is 2. The quantitative estimate of drug-likeness (QED) is 0.462. The maximum absolute atomic E-state index is 12.4. The van der Waals surface area contributed by atoms with E-state index >= 15 is 0 Å². The lowest BCUT2D eigenvalue weighted by atomic mass is 9.77. The van der Waals surface area contributed by atoms with Gasteiger partial charge in [-0.15, -0.1) is 0 Å². The summed E-state index contributed by atoms with van der Waals surface area (Å²) in [6.45, 7) is 7.17. The maximum Gasteiger partial charge on any atom is 0.324 e. The van der Waals surface area contributed by atoms with Crippen LogP contribution >= 0.6 is 0 Å². The average Bonchev–Trinajstić information content (AvgIpc) is 2.81. The molecule has 5 heteroatoms. The lowest BCUT2D eigenvalue weighted by Crippen LogP contribution is -2.44. The fourth-order valence-electron chi connectivity index (χ4n) is 2.75. The Morgan fingerprint density at radius 3 is 2.19 bits per heavy atom. The molecule has 21 heavy (non-hydrogen) atoms. The molecule has 0 aromatic carbocycles. The fraction of sp³-hybridized carbons (Fsp3) is 0.750. The molecule has 0 amide bonds. The van der Waals surface area contributed by atoms with E-state index in [0.29, 0.717) is 12.8 Å². The Kier molecular flexibility index (Phi) is 5.96. The summed E-state index contributed by atoms with van der Waals surface area (Å²) in [5.41, 5.74) is -2.26. The Balaban J connectivity index is 3.12. The summed E-state index contributed by atoms with van der Waals surface area (Å²) in [6, 6.07) is 0. The Labute approximate surface area is 126 Å². The molecule has 1 rings (SSSR count). The SMILES string of the molecule is CCOC(=O)C1(C(=O)OCC)CCCC1/C=C/C(C)(C)O. The summed E-state index contributed by atoms with van der Waals surface area (Å²) < 4.78 is 10.2. The summed E-state index contributed by atoms with van der Waals surface area (Å²) in [4.78, 5) is 24.8. The van der Waals surface area contributed by atoms with Crippen LogP contribution < -0.4 is 0 Å². The van der Waals surface area contributed by atoms with Crippen molar-refractivity contribution >= 4 is 11.9 Å². The number of rotatable bonds is 6. The van der Waals surface area contributed by atoms with Crippen LogP contribution in [0.1, 0.15) is 47.0 Å². The predicted octanol–water partition coefficient (Wildman–Crippen LogP) is 2.23. The van der Waals surface area contributed by atoms with Gasteiger partial charge in [-0.3, -0.25) is 9.59 Å². The molecule has 1 N–H and O–H groups in total. The molecule has 0 radical (unpaired) electrons. The van der Waals surface area contributed by atoms with Gasteiger partial charge in [-0.2, -0.15) is 0 Å². The monoisotopic (exact) mass is 298 g/mol. The van der Waals surface area contributed by atoms with Crippen molar-refractivity contribution in [1.29, 1.82) is 0 Å². The van der Waals surface area contributed by atoms with Gasteiger partial charge >= 0.3 is 11.9 Å². The summed E-state index contributed by atoms with van der Waals surface area (Å²) in [5.74, 6) is -1.35. The highest BCUT2D eigenvalue weighted by Crippen LogP contribution is 2.46. The molecule has 0 bridgehead atoms. The molecule has 0 aliphatic heterocycles. The van der Waals surface area contributed by atoms with Gasteiger partial charge in [0, 0.05) is 5.92 Å². The highest BCUT2D eigenvalue weighted by Gasteiger charge is 2.56. The number of carbonyl (C=O) groups excluding carboxylic acids is 2. The second kappa shape index (κ2) is 7.07. The van der Waals surface area contributed by atoms with Crippen molar-refractivity contribution in [3.8, 4) is 0 Å². The van der Waals surface area contributed by atoms with Crippen LogP contribution in [0.3, 0.4) is 0 Å². The minimum absolute atomic E-state index is 0.224. The van der Waals surface area contributed by atoms with Gasteiger partial charge in [0.05, 0.1) is 18.8 Å². The average molecular weight is 298 g/mol. The zero-order valence-corrected chi connectivity index (χ0v) is 13.3. The molecule has 0 saturated heterocycles. The van der Waals surface area contributed by atoms with Gasteiger partial charge in [-0.1, -0.05) is 18.6 Å². The molecular formula is C16H26O5. The number of allylic oxidation sites excluding steroid dienone is 1. The number of ether oxygens (including phenoxy) is 2. The maximum atomic E-state index is 12.4. The first-order chi connectivity index (χ1) is 9.78. The van der Waals surface area contributed by atoms with Crippen molar-refractivity contribution in [3.63, 3.8) is 0 Å². The molecule has 1 atom stereocenters. The van der Waals surface area contributed by atoms with Crippen molar-refractivity contribution < 1.29 is 24.2 Å². The van der Waals surface area contributed by atoms with E-state index in [1.54, 1.807) is 39.8 Å². The Morgan fingerprint density at radius 1 is 1.24 bits per heavy atom. The first kappa shape index (κ1) is 17.7. The number of aliphatic hydroxyl groups is 1. The third-order valence-corrected chi connectivity index (χ3v) is 3.73. The second-order valence-electron chi connectivity index (χ2n) is 5.92. The van der Waals surface area contributed by atoms with E-state index in [2.05, 4.69) is 0 Å². The van der Waals surface area contributed by atoms with Crippen LogP contribution in [0.5, 0.6) is 0 Å². The van der Waals surface area contributed by atoms with Crippen LogP contribution in [-0.2, 0) is 19.1 Å². The molecular weight excluding hydrogens is 272 g/mol. The second-order valence-corrected chi connectivity index (χ2v) is 5.92. The fourth-order valence-corrected chi connectivity index (χ4v) is 2.75. The molecule has 1 saturated carbocycles. The molecule has 1 unspecified atom stereocenters. The van der Waals surface area contributed by atoms with Gasteiger partial charge in [0.25, 0.3) is 0 Å². The molecule has 5 nitrogen and oxygen atoms in total. The van der Waals surface area contributed by atoms with Crippen LogP contribution in [0.15, 0.2) is 12.2 Å². The third-order valence-electron chi connectivity index (χ3n) is 3.73. The first-order valence-electron chi connectivity index (χ1n) is 7.54. The van der Waals surface area contributed by atoms with E-state index in [9.17, 15) is 14.7 Å². The van der Waals surface area contributed by atoms with Crippen LogP contribution in [-0.4, -0.2) is 35.9 Å². The predicted molar refractivity (Wildman–Crippen MR) is 78.5 cm³/mol. The molecule has 0 spiro atoms. The van der Waals surface area contributed by atoms with Gasteiger partial charge in [0.15, 0.2) is 5.41 Å². The van der Waals surface area contributed by atoms with E-state index < -0.39 is 23.0 Å². The number of carbonyl (C=O) groups is 2. The summed E-state index contributed by atoms with van der Waals surface area (Å²) in [7, 11) is 0. The molecule has 1 fully saturated rings. The van der Waals surface area contributed by atoms with Crippen LogP contribution in [0.25, 0.3) is 0 Å². The zero-order valence-electron chi connectivity index (χ0n) is 13.3. The van der Waals surface area contributed by atoms with Crippen molar-refractivity contribution in [3.05, 3.63) is 12.2 Å². The lowest BCUT2D eigenvalue weighted by molar-refractivity contribution is -0.174. The largest absolute Gasteiger partial charge is 0.465 e. The number of hydrogen-bond donors (Lipinski definition) is 1. The summed E-state index contributed by atoms with van der Waals surface area (Å²) >= 11 is 0. The minimum atomic E-state index is -1.27. The zero-order chi connectivity index (χ0) is 16.1. The lowest BCUT2D eigenvalue weighted by Gasteiger charge is -2.29. The molecule has 120 valence electrons. The molecule has 0 heterocycles. The Bertz CT molecular complexity index is 387. The van der Waals surface area contributed by atoms with Crippen molar-refractivity contribution in [1.82, 2.24) is 0 Å². The Hall–Kier alpha value is -1.36. The van der Waals surface area contributed by atoms with E-state index in [0.717, 1.165) is 6.42 Å². The smallest absolute Gasteiger partial charge is 0.324 e. The standard InChI is InChI=1S/C16H26O5/c1-5-20-13(17)16(14(18)21-6-2)10-7-8-12(16)9-11-15(3,4)19/h9,11-12,19H,5-8,10H2,1-4H3/b11-9+. The normalized spacial score (nSPS) is 21.5. The van der Waals surface area contributed by atoms with Gasteiger partial charge in [0.2, 0.25) is 0 Å². The molecule has 1 aliphatic rings. The van der Waals surface area contributed by atoms with Crippen molar-refractivity contribution in [2.75, 3.05) is 13.2 Å². The van der Waals surface area contributed by atoms with E-state index in [4.69, 9.17) is 9.47 Å². The van der Waals surface area contributed by atoms with Gasteiger partial charge in [-0.05, 0) is 40.5 Å². The molecule has 0 aromatic rings. The first-order valence-corrected chi connectivity index (χ1v) is 7.54. The Morgan fingerprint density at radius 2 is 1.76 bits per heavy atom. The van der Waals surface area contributed by atoms with Crippen LogP contribution in [0.2, 0.25) is 0 Å². The third kappa shape index (κ3) is 4.06.